The predicted octanol–water partition coefficient (Wildman–Crippen LogP) is 2.27. The lowest BCUT2D eigenvalue weighted by molar-refractivity contribution is -0.133. The molecule has 0 bridgehead atoms. The SMILES string of the molecule is CS(=O)(=O)O.O=C(Cn1nc(C(F)F)cc1C(F)F)N1CCCCC1. The van der Waals surface area contributed by atoms with Gasteiger partial charge in [-0.1, -0.05) is 0 Å². The van der Waals surface area contributed by atoms with Crippen molar-refractivity contribution in [1.82, 2.24) is 14.7 Å². The third-order valence-corrected chi connectivity index (χ3v) is 3.27. The average molecular weight is 389 g/mol. The Balaban J connectivity index is 0.000000550. The molecule has 0 radical (unpaired) electrons. The molecule has 12 heteroatoms. The molecule has 1 fully saturated rings. The highest BCUT2D eigenvalue weighted by molar-refractivity contribution is 7.85. The number of halogens is 4. The van der Waals surface area contributed by atoms with Crippen molar-refractivity contribution in [3.05, 3.63) is 17.5 Å². The number of nitrogens with zero attached hydrogens (tertiary/aromatic N) is 3. The summed E-state index contributed by atoms with van der Waals surface area (Å²) in [5.74, 6) is -0.365. The smallest absolute Gasteiger partial charge is 0.282 e. The Hall–Kier alpha value is -1.69. The second-order valence-electron chi connectivity index (χ2n) is 5.43. The van der Waals surface area contributed by atoms with Gasteiger partial charge in [0, 0.05) is 13.1 Å². The van der Waals surface area contributed by atoms with Crippen molar-refractivity contribution in [1.29, 1.82) is 0 Å². The first-order chi connectivity index (χ1) is 11.5. The van der Waals surface area contributed by atoms with Gasteiger partial charge in [-0.3, -0.25) is 14.0 Å². The second-order valence-corrected chi connectivity index (χ2v) is 6.89. The number of amides is 1. The standard InChI is InChI=1S/C12H15F4N3O.CH4O3S/c13-11(14)8-6-9(12(15)16)19(17-8)7-10(20)18-4-2-1-3-5-18;1-5(2,3)4/h6,11-12H,1-5,7H2;1H3,(H,2,3,4). The number of aromatic nitrogens is 2. The largest absolute Gasteiger partial charge is 0.341 e. The molecule has 25 heavy (non-hydrogen) atoms. The van der Waals surface area contributed by atoms with E-state index in [1.54, 1.807) is 4.90 Å². The van der Waals surface area contributed by atoms with Gasteiger partial charge in [0.25, 0.3) is 23.0 Å². The van der Waals surface area contributed by atoms with Gasteiger partial charge in [-0.25, -0.2) is 17.6 Å². The van der Waals surface area contributed by atoms with Gasteiger partial charge in [-0.05, 0) is 25.3 Å². The van der Waals surface area contributed by atoms with Gasteiger partial charge in [-0.15, -0.1) is 0 Å². The lowest BCUT2D eigenvalue weighted by Crippen LogP contribution is -2.38. The number of carbonyl (C=O) groups is 1. The Morgan fingerprint density at radius 2 is 1.72 bits per heavy atom. The molecule has 0 atom stereocenters. The average Bonchev–Trinajstić information content (AvgIpc) is 2.91. The van der Waals surface area contributed by atoms with Crippen LogP contribution >= 0.6 is 0 Å². The van der Waals surface area contributed by atoms with Crippen LogP contribution in [0.25, 0.3) is 0 Å². The first-order valence-corrected chi connectivity index (χ1v) is 9.18. The molecule has 0 saturated carbocycles. The van der Waals surface area contributed by atoms with Gasteiger partial charge in [0.15, 0.2) is 0 Å². The normalized spacial score (nSPS) is 15.3. The molecule has 144 valence electrons. The highest BCUT2D eigenvalue weighted by Gasteiger charge is 2.24. The minimum absolute atomic E-state index is 0.365. The summed E-state index contributed by atoms with van der Waals surface area (Å²) < 4.78 is 77.1. The van der Waals surface area contributed by atoms with E-state index < -0.39 is 40.9 Å². The van der Waals surface area contributed by atoms with E-state index in [0.717, 1.165) is 19.3 Å². The zero-order valence-electron chi connectivity index (χ0n) is 13.4. The number of hydrogen-bond acceptors (Lipinski definition) is 4. The minimum atomic E-state index is -3.67. The number of likely N-dealkylation sites (tertiary alicyclic amines) is 1. The van der Waals surface area contributed by atoms with Crippen molar-refractivity contribution in [3.8, 4) is 0 Å². The molecule has 0 unspecified atom stereocenters. The topological polar surface area (TPSA) is 92.5 Å². The van der Waals surface area contributed by atoms with Crippen LogP contribution < -0.4 is 0 Å². The monoisotopic (exact) mass is 389 g/mol. The van der Waals surface area contributed by atoms with E-state index in [-0.39, 0.29) is 5.91 Å². The molecule has 1 amide bonds. The van der Waals surface area contributed by atoms with E-state index in [1.807, 2.05) is 0 Å². The third-order valence-electron chi connectivity index (χ3n) is 3.27. The van der Waals surface area contributed by atoms with E-state index in [1.165, 1.54) is 0 Å². The fourth-order valence-corrected chi connectivity index (χ4v) is 2.23. The van der Waals surface area contributed by atoms with Crippen molar-refractivity contribution in [2.45, 2.75) is 38.7 Å². The zero-order chi connectivity index (χ0) is 19.2. The minimum Gasteiger partial charge on any atom is -0.341 e. The molecule has 1 saturated heterocycles. The molecular formula is C13H19F4N3O4S. The molecule has 1 aliphatic rings. The summed E-state index contributed by atoms with van der Waals surface area (Å²) in [6, 6.07) is 0.652. The molecule has 0 spiro atoms. The van der Waals surface area contributed by atoms with Crippen LogP contribution in [0, 0.1) is 0 Å². The molecule has 0 aromatic carbocycles. The van der Waals surface area contributed by atoms with Gasteiger partial charge in [-0.2, -0.15) is 13.5 Å². The van der Waals surface area contributed by atoms with Crippen molar-refractivity contribution in [2.75, 3.05) is 19.3 Å². The summed E-state index contributed by atoms with van der Waals surface area (Å²) in [6.07, 6.45) is -2.39. The maximum atomic E-state index is 12.8. The van der Waals surface area contributed by atoms with Crippen LogP contribution in [0.1, 0.15) is 43.5 Å². The fraction of sp³-hybridized carbons (Fsp3) is 0.692. The Bertz CT molecular complexity index is 665. The lowest BCUT2D eigenvalue weighted by atomic mass is 10.1. The number of rotatable bonds is 4. The Morgan fingerprint density at radius 3 is 2.16 bits per heavy atom. The van der Waals surface area contributed by atoms with Gasteiger partial charge >= 0.3 is 0 Å². The summed E-state index contributed by atoms with van der Waals surface area (Å²) in [5, 5.41) is 3.40. The van der Waals surface area contributed by atoms with Crippen LogP contribution in [0.4, 0.5) is 17.6 Å². The van der Waals surface area contributed by atoms with Crippen molar-refractivity contribution in [2.24, 2.45) is 0 Å². The van der Waals surface area contributed by atoms with E-state index in [2.05, 4.69) is 5.10 Å². The quantitative estimate of drug-likeness (QED) is 0.630. The Morgan fingerprint density at radius 1 is 1.20 bits per heavy atom. The van der Waals surface area contributed by atoms with Crippen LogP contribution in [0.2, 0.25) is 0 Å². The van der Waals surface area contributed by atoms with E-state index in [9.17, 15) is 30.8 Å². The third kappa shape index (κ3) is 7.82. The van der Waals surface area contributed by atoms with Crippen molar-refractivity contribution < 1.29 is 35.3 Å². The molecule has 1 aromatic heterocycles. The van der Waals surface area contributed by atoms with Crippen LogP contribution in [0.15, 0.2) is 6.07 Å². The number of piperidine rings is 1. The summed E-state index contributed by atoms with van der Waals surface area (Å²) in [6.45, 7) is 0.726. The molecule has 2 rings (SSSR count). The highest BCUT2D eigenvalue weighted by Crippen LogP contribution is 2.25. The molecule has 0 aliphatic carbocycles. The number of carbonyl (C=O) groups excluding carboxylic acids is 1. The highest BCUT2D eigenvalue weighted by atomic mass is 32.2. The Kier molecular flexibility index (Phi) is 7.80. The maximum Gasteiger partial charge on any atom is 0.282 e. The van der Waals surface area contributed by atoms with E-state index >= 15 is 0 Å². The van der Waals surface area contributed by atoms with Crippen LogP contribution in [-0.2, 0) is 21.5 Å². The number of hydrogen-bond donors (Lipinski definition) is 1. The van der Waals surface area contributed by atoms with Gasteiger partial charge < -0.3 is 4.90 Å². The van der Waals surface area contributed by atoms with Crippen LogP contribution in [0.5, 0.6) is 0 Å². The van der Waals surface area contributed by atoms with Crippen LogP contribution in [-0.4, -0.2) is 52.9 Å². The predicted molar refractivity (Wildman–Crippen MR) is 80.0 cm³/mol. The summed E-state index contributed by atoms with van der Waals surface area (Å²) in [5.41, 5.74) is -1.38. The summed E-state index contributed by atoms with van der Waals surface area (Å²) in [7, 11) is -3.67. The van der Waals surface area contributed by atoms with Gasteiger partial charge in [0.1, 0.15) is 17.9 Å². The fourth-order valence-electron chi connectivity index (χ4n) is 2.23. The van der Waals surface area contributed by atoms with Gasteiger partial charge in [0.05, 0.1) is 6.26 Å². The summed E-state index contributed by atoms with van der Waals surface area (Å²) in [4.78, 5) is 13.5. The second kappa shape index (κ2) is 9.13. The molecule has 1 aromatic rings. The van der Waals surface area contributed by atoms with Crippen molar-refractivity contribution in [3.63, 3.8) is 0 Å². The Labute approximate surface area is 142 Å². The van der Waals surface area contributed by atoms with E-state index in [0.29, 0.717) is 30.1 Å². The first-order valence-electron chi connectivity index (χ1n) is 7.33. The molecule has 7 nitrogen and oxygen atoms in total. The maximum absolute atomic E-state index is 12.8. The zero-order valence-corrected chi connectivity index (χ0v) is 14.2. The molecular weight excluding hydrogens is 370 g/mol. The van der Waals surface area contributed by atoms with Crippen molar-refractivity contribution >= 4 is 16.0 Å². The molecule has 2 heterocycles. The summed E-state index contributed by atoms with van der Waals surface area (Å²) >= 11 is 0. The number of alkyl halides is 4. The first kappa shape index (κ1) is 21.4. The lowest BCUT2D eigenvalue weighted by Gasteiger charge is -2.26. The molecule has 1 aliphatic heterocycles. The van der Waals surface area contributed by atoms with Gasteiger partial charge in [0.2, 0.25) is 5.91 Å². The molecule has 1 N–H and O–H groups in total. The van der Waals surface area contributed by atoms with Crippen LogP contribution in [0.3, 0.4) is 0 Å². The van der Waals surface area contributed by atoms with E-state index in [4.69, 9.17) is 4.55 Å².